The summed E-state index contributed by atoms with van der Waals surface area (Å²) in [6, 6.07) is 91.0. The summed E-state index contributed by atoms with van der Waals surface area (Å²) >= 11 is 0. The van der Waals surface area contributed by atoms with Crippen LogP contribution in [0.25, 0.3) is 94.3 Å². The van der Waals surface area contributed by atoms with Gasteiger partial charge < -0.3 is 13.9 Å². The number of fused-ring (bicyclic) bond motifs is 5. The molecule has 0 bridgehead atoms. The van der Waals surface area contributed by atoms with Crippen molar-refractivity contribution in [1.29, 1.82) is 0 Å². The molecule has 0 N–H and O–H groups in total. The van der Waals surface area contributed by atoms with E-state index in [0.717, 1.165) is 66.8 Å². The number of hydrogen-bond donors (Lipinski definition) is 0. The van der Waals surface area contributed by atoms with Crippen molar-refractivity contribution in [3.63, 3.8) is 0 Å². The fourth-order valence-corrected chi connectivity index (χ4v) is 9.38. The Morgan fingerprint density at radius 3 is 1.12 bits per heavy atom. The smallest absolute Gasteiger partial charge is 0.161 e. The van der Waals surface area contributed by atoms with Gasteiger partial charge in [0.15, 0.2) is 5.58 Å². The van der Waals surface area contributed by atoms with E-state index in [1.165, 1.54) is 44.5 Å². The number of para-hydroxylation sites is 3. The van der Waals surface area contributed by atoms with Crippen LogP contribution in [0, 0.1) is 0 Å². The van der Waals surface area contributed by atoms with Gasteiger partial charge in [-0.25, -0.2) is 0 Å². The van der Waals surface area contributed by atoms with Crippen LogP contribution in [0.4, 0.5) is 17.1 Å². The minimum absolute atomic E-state index is 0.886. The predicted octanol–water partition coefficient (Wildman–Crippen LogP) is 17.3. The normalized spacial score (nSPS) is 11.4. The highest BCUT2D eigenvalue weighted by molar-refractivity contribution is 6.18. The van der Waals surface area contributed by atoms with Crippen LogP contribution in [-0.4, -0.2) is 4.57 Å². The van der Waals surface area contributed by atoms with Crippen LogP contribution in [0.15, 0.2) is 259 Å². The fraction of sp³-hybridized carbons (Fsp3) is 0. The lowest BCUT2D eigenvalue weighted by Crippen LogP contribution is -2.09. The lowest BCUT2D eigenvalue weighted by molar-refractivity contribution is 0.674. The Kier molecular flexibility index (Phi) is 9.50. The second-order valence-electron chi connectivity index (χ2n) is 16.5. The van der Waals surface area contributed by atoms with Crippen LogP contribution in [0.3, 0.4) is 0 Å². The van der Waals surface area contributed by atoms with Crippen LogP contribution < -0.4 is 4.90 Å². The number of anilines is 3. The average Bonchev–Trinajstić information content (AvgIpc) is 3.93. The minimum atomic E-state index is 0.886. The molecule has 0 radical (unpaired) electrons. The molecule has 0 amide bonds. The number of nitrogens with zero attached hydrogens (tertiary/aromatic N) is 2. The Bertz CT molecular complexity index is 3450. The monoisotopic (exact) mass is 830 g/mol. The summed E-state index contributed by atoms with van der Waals surface area (Å²) in [5.41, 5.74) is 20.1. The van der Waals surface area contributed by atoms with Gasteiger partial charge in [-0.15, -0.1) is 0 Å². The first-order valence-corrected chi connectivity index (χ1v) is 22.2. The molecular weight excluding hydrogens is 789 g/mol. The molecule has 3 nitrogen and oxygen atoms in total. The number of hydrogen-bond acceptors (Lipinski definition) is 2. The summed E-state index contributed by atoms with van der Waals surface area (Å²) in [5, 5.41) is 2.19. The summed E-state index contributed by atoms with van der Waals surface area (Å²) in [5.74, 6) is 0. The maximum atomic E-state index is 6.89. The molecule has 0 aliphatic carbocycles. The van der Waals surface area contributed by atoms with Crippen LogP contribution in [0.2, 0.25) is 0 Å². The highest BCUT2D eigenvalue weighted by atomic mass is 16.3. The van der Waals surface area contributed by atoms with E-state index in [0.29, 0.717) is 0 Å². The summed E-state index contributed by atoms with van der Waals surface area (Å²) in [6.45, 7) is 0. The van der Waals surface area contributed by atoms with Gasteiger partial charge in [0.1, 0.15) is 11.1 Å². The van der Waals surface area contributed by atoms with Gasteiger partial charge in [0.2, 0.25) is 0 Å². The number of rotatable bonds is 9. The molecule has 2 heterocycles. The Morgan fingerprint density at radius 1 is 0.277 bits per heavy atom. The van der Waals surface area contributed by atoms with E-state index in [-0.39, 0.29) is 0 Å². The van der Waals surface area contributed by atoms with Gasteiger partial charge in [0.05, 0.1) is 5.52 Å². The zero-order valence-corrected chi connectivity index (χ0v) is 35.6. The zero-order valence-electron chi connectivity index (χ0n) is 35.6. The van der Waals surface area contributed by atoms with Gasteiger partial charge in [0, 0.05) is 39.1 Å². The Balaban J connectivity index is 0.910. The third-order valence-corrected chi connectivity index (χ3v) is 12.7. The molecule has 0 unspecified atom stereocenters. The molecule has 0 aliphatic rings. The lowest BCUT2D eigenvalue weighted by Gasteiger charge is -2.26. The molecule has 306 valence electrons. The molecule has 0 fully saturated rings. The highest BCUT2D eigenvalue weighted by Crippen LogP contribution is 2.43. The Hall–Kier alpha value is -8.66. The van der Waals surface area contributed by atoms with Crippen molar-refractivity contribution in [3.8, 4) is 61.3 Å². The fourth-order valence-electron chi connectivity index (χ4n) is 9.38. The van der Waals surface area contributed by atoms with Crippen LogP contribution in [0.1, 0.15) is 0 Å². The summed E-state index contributed by atoms with van der Waals surface area (Å²) in [6.07, 6.45) is 0. The van der Waals surface area contributed by atoms with Gasteiger partial charge in [0.25, 0.3) is 0 Å². The van der Waals surface area contributed by atoms with Crippen molar-refractivity contribution >= 4 is 50.0 Å². The first-order valence-electron chi connectivity index (χ1n) is 22.2. The van der Waals surface area contributed by atoms with Gasteiger partial charge in [-0.05, 0) is 117 Å². The quantitative estimate of drug-likeness (QED) is 0.144. The van der Waals surface area contributed by atoms with E-state index in [4.69, 9.17) is 4.42 Å². The molecule has 0 atom stereocenters. The van der Waals surface area contributed by atoms with E-state index in [1.54, 1.807) is 0 Å². The van der Waals surface area contributed by atoms with Crippen molar-refractivity contribution in [2.75, 3.05) is 4.90 Å². The van der Waals surface area contributed by atoms with Crippen molar-refractivity contribution < 1.29 is 4.42 Å². The van der Waals surface area contributed by atoms with E-state index in [1.807, 2.05) is 0 Å². The maximum Gasteiger partial charge on any atom is 0.161 e. The largest absolute Gasteiger partial charge is 0.453 e. The number of benzene rings is 10. The van der Waals surface area contributed by atoms with Gasteiger partial charge >= 0.3 is 0 Å². The third-order valence-electron chi connectivity index (χ3n) is 12.7. The molecule has 0 aliphatic heterocycles. The van der Waals surface area contributed by atoms with E-state index in [9.17, 15) is 0 Å². The first-order chi connectivity index (χ1) is 32.2. The second-order valence-corrected chi connectivity index (χ2v) is 16.5. The molecule has 65 heavy (non-hydrogen) atoms. The van der Waals surface area contributed by atoms with Crippen LogP contribution in [0.5, 0.6) is 0 Å². The van der Waals surface area contributed by atoms with Crippen LogP contribution in [-0.2, 0) is 0 Å². The van der Waals surface area contributed by atoms with E-state index in [2.05, 4.69) is 264 Å². The Morgan fingerprint density at radius 2 is 0.646 bits per heavy atom. The SMILES string of the molecule is c1ccc(-c2ccc(-c3ccc(N(c4ccc(-c5ccc(-c6ccccc6)cc5)cc4)c4ccc(-c5cccc6c5oc5c7ccccc7n(-c7ccccc7)c65)cc4)cc3)cc2)cc1. The average molecular weight is 831 g/mol. The molecule has 0 spiro atoms. The Labute approximate surface area is 378 Å². The van der Waals surface area contributed by atoms with Crippen molar-refractivity contribution in [2.45, 2.75) is 0 Å². The number of aromatic nitrogens is 1. The van der Waals surface area contributed by atoms with E-state index >= 15 is 0 Å². The number of furan rings is 1. The van der Waals surface area contributed by atoms with Crippen molar-refractivity contribution in [1.82, 2.24) is 4.57 Å². The molecule has 10 aromatic carbocycles. The van der Waals surface area contributed by atoms with Crippen molar-refractivity contribution in [3.05, 3.63) is 255 Å². The highest BCUT2D eigenvalue weighted by Gasteiger charge is 2.22. The van der Waals surface area contributed by atoms with Gasteiger partial charge in [-0.3, -0.25) is 0 Å². The molecular formula is C62H42N2O. The summed E-state index contributed by atoms with van der Waals surface area (Å²) in [7, 11) is 0. The lowest BCUT2D eigenvalue weighted by atomic mass is 9.99. The van der Waals surface area contributed by atoms with Gasteiger partial charge in [-0.2, -0.15) is 0 Å². The molecule has 12 rings (SSSR count). The minimum Gasteiger partial charge on any atom is -0.453 e. The van der Waals surface area contributed by atoms with Crippen LogP contribution >= 0.6 is 0 Å². The first kappa shape index (κ1) is 38.0. The standard InChI is InChI=1S/C62H42N2O/c1-4-13-43(14-5-1)45-23-27-47(28-24-45)49-31-37-53(38-32-49)63(54-39-33-50(34-40-54)48-29-25-46(26-30-48)44-15-6-2-7-16-44)55-41-35-51(36-42-55)56-20-12-21-58-60-62(65-61(56)58)57-19-10-11-22-59(57)64(60)52-17-8-3-9-18-52/h1-42H. The third kappa shape index (κ3) is 6.97. The summed E-state index contributed by atoms with van der Waals surface area (Å²) < 4.78 is 9.22. The summed E-state index contributed by atoms with van der Waals surface area (Å²) in [4.78, 5) is 2.34. The second kappa shape index (κ2) is 16.2. The maximum absolute atomic E-state index is 6.89. The molecule has 0 saturated heterocycles. The van der Waals surface area contributed by atoms with E-state index < -0.39 is 0 Å². The zero-order chi connectivity index (χ0) is 43.1. The molecule has 0 saturated carbocycles. The molecule has 2 aromatic heterocycles. The topological polar surface area (TPSA) is 21.3 Å². The predicted molar refractivity (Wildman–Crippen MR) is 272 cm³/mol. The van der Waals surface area contributed by atoms with Crippen molar-refractivity contribution in [2.24, 2.45) is 0 Å². The molecule has 3 heteroatoms. The van der Waals surface area contributed by atoms with Gasteiger partial charge in [-0.1, -0.05) is 188 Å². The molecule has 12 aromatic rings.